The third kappa shape index (κ3) is 4.06. The van der Waals surface area contributed by atoms with Crippen molar-refractivity contribution in [1.82, 2.24) is 4.98 Å². The Morgan fingerprint density at radius 1 is 0.903 bits per heavy atom. The van der Waals surface area contributed by atoms with Crippen LogP contribution in [0.1, 0.15) is 6.92 Å². The zero-order valence-corrected chi connectivity index (χ0v) is 18.3. The van der Waals surface area contributed by atoms with Crippen molar-refractivity contribution >= 4 is 48.9 Å². The number of pyridine rings is 1. The van der Waals surface area contributed by atoms with Crippen molar-refractivity contribution in [2.24, 2.45) is 0 Å². The van der Waals surface area contributed by atoms with Gasteiger partial charge in [-0.2, -0.15) is 0 Å². The predicted octanol–water partition coefficient (Wildman–Crippen LogP) is 4.91. The normalized spacial score (nSPS) is 11.5. The second-order valence-electron chi connectivity index (χ2n) is 6.91. The Labute approximate surface area is 181 Å². The quantitative estimate of drug-likeness (QED) is 0.399. The number of ether oxygens (including phenoxy) is 2. The second kappa shape index (κ2) is 8.31. The van der Waals surface area contributed by atoms with Gasteiger partial charge in [-0.25, -0.2) is 13.4 Å². The molecule has 0 bridgehead atoms. The molecule has 31 heavy (non-hydrogen) atoms. The highest BCUT2D eigenvalue weighted by atomic mass is 32.2. The van der Waals surface area contributed by atoms with Crippen LogP contribution < -0.4 is 19.5 Å². The maximum atomic E-state index is 11.9. The number of nitrogens with zero attached hydrogens (tertiary/aromatic N) is 1. The summed E-state index contributed by atoms with van der Waals surface area (Å²) < 4.78 is 37.4. The van der Waals surface area contributed by atoms with E-state index in [-0.39, 0.29) is 5.75 Å². The number of para-hydroxylation sites is 2. The lowest BCUT2D eigenvalue weighted by atomic mass is 10.1. The number of fused-ring (bicyclic) bond motifs is 2. The third-order valence-corrected chi connectivity index (χ3v) is 6.32. The topological polar surface area (TPSA) is 89.6 Å². The summed E-state index contributed by atoms with van der Waals surface area (Å²) in [4.78, 5) is 4.78. The van der Waals surface area contributed by atoms with Gasteiger partial charge in [0.25, 0.3) is 0 Å². The first kappa shape index (κ1) is 20.7. The van der Waals surface area contributed by atoms with Crippen LogP contribution in [0.2, 0.25) is 0 Å². The number of methoxy groups -OCH3 is 2. The summed E-state index contributed by atoms with van der Waals surface area (Å²) >= 11 is 0. The molecule has 0 spiro atoms. The van der Waals surface area contributed by atoms with E-state index in [1.165, 1.54) is 0 Å². The van der Waals surface area contributed by atoms with Crippen molar-refractivity contribution in [2.75, 3.05) is 30.0 Å². The van der Waals surface area contributed by atoms with Gasteiger partial charge in [-0.3, -0.25) is 4.72 Å². The summed E-state index contributed by atoms with van der Waals surface area (Å²) in [6.07, 6.45) is 0. The van der Waals surface area contributed by atoms with Crippen LogP contribution in [0, 0.1) is 0 Å². The van der Waals surface area contributed by atoms with E-state index in [0.29, 0.717) is 22.9 Å². The molecule has 0 radical (unpaired) electrons. The SMILES string of the molecule is CCS(=O)(=O)Nc1ccc(Nc2c3ccccc3nc3c(OC)cccc23)c(OC)c1. The predicted molar refractivity (Wildman–Crippen MR) is 125 cm³/mol. The maximum Gasteiger partial charge on any atom is 0.232 e. The van der Waals surface area contributed by atoms with Crippen LogP contribution in [-0.2, 0) is 10.0 Å². The molecule has 0 aliphatic carbocycles. The molecule has 7 nitrogen and oxygen atoms in total. The molecule has 1 aromatic heterocycles. The zero-order chi connectivity index (χ0) is 22.0. The lowest BCUT2D eigenvalue weighted by molar-refractivity contribution is 0.417. The number of sulfonamides is 1. The Balaban J connectivity index is 1.86. The van der Waals surface area contributed by atoms with Crippen molar-refractivity contribution in [2.45, 2.75) is 6.92 Å². The highest BCUT2D eigenvalue weighted by molar-refractivity contribution is 7.92. The van der Waals surface area contributed by atoms with Crippen LogP contribution in [0.5, 0.6) is 11.5 Å². The number of benzene rings is 3. The van der Waals surface area contributed by atoms with Gasteiger partial charge >= 0.3 is 0 Å². The Morgan fingerprint density at radius 2 is 1.65 bits per heavy atom. The van der Waals surface area contributed by atoms with Crippen LogP contribution in [0.15, 0.2) is 60.7 Å². The van der Waals surface area contributed by atoms with Crippen molar-refractivity contribution in [3.63, 3.8) is 0 Å². The second-order valence-corrected chi connectivity index (χ2v) is 8.92. The number of hydrogen-bond donors (Lipinski definition) is 2. The van der Waals surface area contributed by atoms with Crippen LogP contribution in [-0.4, -0.2) is 33.4 Å². The van der Waals surface area contributed by atoms with Gasteiger partial charge in [0.15, 0.2) is 0 Å². The fraction of sp³-hybridized carbons (Fsp3) is 0.174. The lowest BCUT2D eigenvalue weighted by Gasteiger charge is -2.17. The van der Waals surface area contributed by atoms with Gasteiger partial charge in [0, 0.05) is 16.8 Å². The molecule has 0 atom stereocenters. The molecule has 1 heterocycles. The Morgan fingerprint density at radius 3 is 2.39 bits per heavy atom. The first-order valence-corrected chi connectivity index (χ1v) is 11.4. The van der Waals surface area contributed by atoms with Gasteiger partial charge in [0.2, 0.25) is 10.0 Å². The first-order valence-electron chi connectivity index (χ1n) is 9.76. The van der Waals surface area contributed by atoms with E-state index in [1.807, 2.05) is 42.5 Å². The monoisotopic (exact) mass is 437 g/mol. The summed E-state index contributed by atoms with van der Waals surface area (Å²) in [6, 6.07) is 18.8. The standard InChI is InChI=1S/C23H23N3O4S/c1-4-31(27,28)26-15-12-13-19(21(14-15)30-3)25-22-16-8-5-6-10-18(16)24-23-17(22)9-7-11-20(23)29-2/h5-14,26H,4H2,1-3H3,(H,24,25). The van der Waals surface area contributed by atoms with E-state index in [4.69, 9.17) is 14.5 Å². The van der Waals surface area contributed by atoms with E-state index in [1.54, 1.807) is 39.3 Å². The molecule has 2 N–H and O–H groups in total. The molecule has 4 aromatic rings. The van der Waals surface area contributed by atoms with Gasteiger partial charge in [-0.15, -0.1) is 0 Å². The van der Waals surface area contributed by atoms with Crippen molar-refractivity contribution in [1.29, 1.82) is 0 Å². The molecular formula is C23H23N3O4S. The minimum absolute atomic E-state index is 0.00779. The van der Waals surface area contributed by atoms with Gasteiger partial charge in [0.05, 0.1) is 42.6 Å². The van der Waals surface area contributed by atoms with Crippen LogP contribution >= 0.6 is 0 Å². The molecule has 0 aliphatic heterocycles. The average Bonchev–Trinajstić information content (AvgIpc) is 2.79. The number of anilines is 3. The maximum absolute atomic E-state index is 11.9. The van der Waals surface area contributed by atoms with Gasteiger partial charge < -0.3 is 14.8 Å². The summed E-state index contributed by atoms with van der Waals surface area (Å²) in [5, 5.41) is 5.31. The van der Waals surface area contributed by atoms with E-state index < -0.39 is 10.0 Å². The molecule has 3 aromatic carbocycles. The van der Waals surface area contributed by atoms with Crippen molar-refractivity contribution in [3.05, 3.63) is 60.7 Å². The van der Waals surface area contributed by atoms with E-state index in [0.717, 1.165) is 27.5 Å². The fourth-order valence-electron chi connectivity index (χ4n) is 3.43. The van der Waals surface area contributed by atoms with Crippen LogP contribution in [0.3, 0.4) is 0 Å². The number of nitrogens with one attached hydrogen (secondary N) is 2. The van der Waals surface area contributed by atoms with Crippen LogP contribution in [0.25, 0.3) is 21.8 Å². The summed E-state index contributed by atoms with van der Waals surface area (Å²) in [5.41, 5.74) is 3.57. The van der Waals surface area contributed by atoms with Crippen molar-refractivity contribution < 1.29 is 17.9 Å². The largest absolute Gasteiger partial charge is 0.494 e. The zero-order valence-electron chi connectivity index (χ0n) is 17.5. The molecule has 0 amide bonds. The minimum atomic E-state index is -3.38. The molecule has 0 aliphatic rings. The first-order chi connectivity index (χ1) is 15.0. The average molecular weight is 438 g/mol. The number of rotatable bonds is 7. The summed E-state index contributed by atoms with van der Waals surface area (Å²) in [5.74, 6) is 1.18. The molecule has 0 fully saturated rings. The fourth-order valence-corrected chi connectivity index (χ4v) is 4.06. The molecule has 4 rings (SSSR count). The summed E-state index contributed by atoms with van der Waals surface area (Å²) in [6.45, 7) is 1.59. The summed E-state index contributed by atoms with van der Waals surface area (Å²) in [7, 11) is -0.214. The number of hydrogen-bond acceptors (Lipinski definition) is 6. The molecule has 0 saturated carbocycles. The highest BCUT2D eigenvalue weighted by Crippen LogP contribution is 2.39. The van der Waals surface area contributed by atoms with Crippen molar-refractivity contribution in [3.8, 4) is 11.5 Å². The lowest BCUT2D eigenvalue weighted by Crippen LogP contribution is -2.14. The molecule has 0 unspecified atom stereocenters. The third-order valence-electron chi connectivity index (χ3n) is 5.01. The van der Waals surface area contributed by atoms with Gasteiger partial charge in [0.1, 0.15) is 17.0 Å². The molecule has 160 valence electrons. The molecule has 8 heteroatoms. The van der Waals surface area contributed by atoms with Gasteiger partial charge in [-0.1, -0.05) is 30.3 Å². The number of aromatic nitrogens is 1. The van der Waals surface area contributed by atoms with E-state index >= 15 is 0 Å². The van der Waals surface area contributed by atoms with E-state index in [2.05, 4.69) is 10.0 Å². The minimum Gasteiger partial charge on any atom is -0.494 e. The highest BCUT2D eigenvalue weighted by Gasteiger charge is 2.15. The molecular weight excluding hydrogens is 414 g/mol. The van der Waals surface area contributed by atoms with E-state index in [9.17, 15) is 8.42 Å². The Hall–Kier alpha value is -3.52. The Bertz CT molecular complexity index is 1370. The van der Waals surface area contributed by atoms with Crippen LogP contribution in [0.4, 0.5) is 17.1 Å². The van der Waals surface area contributed by atoms with Gasteiger partial charge in [-0.05, 0) is 31.2 Å². The molecule has 0 saturated heterocycles. The smallest absolute Gasteiger partial charge is 0.232 e. The Kier molecular flexibility index (Phi) is 5.56.